The smallest absolute Gasteiger partial charge is 0.272 e. The number of non-ortho nitro benzene ring substituents is 1. The first-order valence-electron chi connectivity index (χ1n) is 9.50. The highest BCUT2D eigenvalue weighted by atomic mass is 32.2. The Hall–Kier alpha value is -3.11. The molecule has 4 rings (SSSR count). The van der Waals surface area contributed by atoms with E-state index in [-0.39, 0.29) is 22.9 Å². The van der Waals surface area contributed by atoms with Gasteiger partial charge in [-0.3, -0.25) is 24.3 Å². The highest BCUT2D eigenvalue weighted by molar-refractivity contribution is 8.00. The van der Waals surface area contributed by atoms with Gasteiger partial charge in [0.2, 0.25) is 5.91 Å². The van der Waals surface area contributed by atoms with E-state index in [0.717, 1.165) is 17.0 Å². The van der Waals surface area contributed by atoms with E-state index < -0.39 is 4.92 Å². The topological polar surface area (TPSA) is 107 Å². The highest BCUT2D eigenvalue weighted by Gasteiger charge is 2.23. The Labute approximate surface area is 186 Å². The summed E-state index contributed by atoms with van der Waals surface area (Å²) in [6.45, 7) is 0.420. The van der Waals surface area contributed by atoms with Gasteiger partial charge in [0, 0.05) is 30.9 Å². The van der Waals surface area contributed by atoms with Gasteiger partial charge in [-0.1, -0.05) is 42.1 Å². The van der Waals surface area contributed by atoms with Gasteiger partial charge in [-0.05, 0) is 17.7 Å². The van der Waals surface area contributed by atoms with Crippen LogP contribution in [-0.2, 0) is 17.8 Å². The molecule has 0 spiro atoms. The van der Waals surface area contributed by atoms with Crippen molar-refractivity contribution in [1.82, 2.24) is 14.9 Å². The van der Waals surface area contributed by atoms with Crippen molar-refractivity contribution in [2.75, 3.05) is 11.5 Å². The van der Waals surface area contributed by atoms with Gasteiger partial charge in [-0.2, -0.15) is 0 Å². The number of aryl methyl sites for hydroxylation is 1. The van der Waals surface area contributed by atoms with Crippen LogP contribution in [0.5, 0.6) is 0 Å². The van der Waals surface area contributed by atoms with Gasteiger partial charge >= 0.3 is 0 Å². The third-order valence-electron chi connectivity index (χ3n) is 4.65. The zero-order valence-electron chi connectivity index (χ0n) is 16.3. The van der Waals surface area contributed by atoms with E-state index in [1.165, 1.54) is 52.4 Å². The van der Waals surface area contributed by atoms with Crippen molar-refractivity contribution in [3.63, 3.8) is 0 Å². The van der Waals surface area contributed by atoms with Crippen LogP contribution in [0, 0.1) is 10.1 Å². The molecular weight excluding hydrogens is 436 g/mol. The molecule has 3 aromatic rings. The molecule has 0 unspecified atom stereocenters. The summed E-state index contributed by atoms with van der Waals surface area (Å²) in [5.74, 6) is 0.704. The van der Waals surface area contributed by atoms with E-state index in [2.05, 4.69) is 10.3 Å². The zero-order valence-corrected chi connectivity index (χ0v) is 17.9. The molecule has 8 nitrogen and oxygen atoms in total. The van der Waals surface area contributed by atoms with Gasteiger partial charge < -0.3 is 5.32 Å². The third kappa shape index (κ3) is 4.80. The monoisotopic (exact) mass is 454 g/mol. The van der Waals surface area contributed by atoms with Crippen molar-refractivity contribution in [2.45, 2.75) is 23.0 Å². The number of rotatable bonds is 7. The number of carbonyl (C=O) groups is 1. The summed E-state index contributed by atoms with van der Waals surface area (Å²) < 4.78 is 1.43. The maximum atomic E-state index is 13.1. The second-order valence-corrected chi connectivity index (χ2v) is 8.78. The summed E-state index contributed by atoms with van der Waals surface area (Å²) in [5.41, 5.74) is 1.94. The molecule has 1 N–H and O–H groups in total. The number of carbonyl (C=O) groups excluding carboxylic acids is 1. The van der Waals surface area contributed by atoms with Crippen LogP contribution in [0.4, 0.5) is 5.69 Å². The first-order chi connectivity index (χ1) is 15.0. The first kappa shape index (κ1) is 21.1. The van der Waals surface area contributed by atoms with Crippen molar-refractivity contribution < 1.29 is 9.72 Å². The zero-order chi connectivity index (χ0) is 21.8. The Balaban J connectivity index is 1.56. The van der Waals surface area contributed by atoms with E-state index in [0.29, 0.717) is 28.7 Å². The molecular formula is C21H18N4O4S2. The van der Waals surface area contributed by atoms with Gasteiger partial charge in [-0.15, -0.1) is 11.8 Å². The molecule has 10 heteroatoms. The van der Waals surface area contributed by atoms with Crippen molar-refractivity contribution >= 4 is 35.1 Å². The first-order valence-corrected chi connectivity index (χ1v) is 11.5. The fourth-order valence-corrected chi connectivity index (χ4v) is 5.00. The average Bonchev–Trinajstić information content (AvgIpc) is 3.26. The maximum absolute atomic E-state index is 13.1. The van der Waals surface area contributed by atoms with Crippen LogP contribution in [0.3, 0.4) is 0 Å². The molecule has 0 saturated carbocycles. The summed E-state index contributed by atoms with van der Waals surface area (Å²) in [6.07, 6.45) is 0.699. The lowest BCUT2D eigenvalue weighted by atomic mass is 10.2. The predicted molar refractivity (Wildman–Crippen MR) is 120 cm³/mol. The molecule has 1 aliphatic rings. The van der Waals surface area contributed by atoms with E-state index in [4.69, 9.17) is 0 Å². The molecule has 0 bridgehead atoms. The van der Waals surface area contributed by atoms with E-state index in [1.807, 2.05) is 30.3 Å². The van der Waals surface area contributed by atoms with Gasteiger partial charge in [0.25, 0.3) is 11.2 Å². The normalized spacial score (nSPS) is 12.4. The van der Waals surface area contributed by atoms with Crippen LogP contribution in [0.1, 0.15) is 11.3 Å². The molecule has 1 aliphatic heterocycles. The number of hydrogen-bond acceptors (Lipinski definition) is 7. The number of fused-ring (bicyclic) bond motifs is 1. The Morgan fingerprint density at radius 1 is 1.19 bits per heavy atom. The minimum Gasteiger partial charge on any atom is -0.351 e. The lowest BCUT2D eigenvalue weighted by Crippen LogP contribution is -2.27. The molecule has 0 fully saturated rings. The summed E-state index contributed by atoms with van der Waals surface area (Å²) in [5, 5.41) is 14.2. The maximum Gasteiger partial charge on any atom is 0.272 e. The van der Waals surface area contributed by atoms with Gasteiger partial charge in [0.1, 0.15) is 0 Å². The fourth-order valence-electron chi connectivity index (χ4n) is 3.12. The van der Waals surface area contributed by atoms with Crippen molar-refractivity contribution in [1.29, 1.82) is 0 Å². The van der Waals surface area contributed by atoms with Crippen LogP contribution >= 0.6 is 23.5 Å². The average molecular weight is 455 g/mol. The quantitative estimate of drug-likeness (QED) is 0.253. The number of nitrogens with one attached hydrogen (secondary N) is 1. The van der Waals surface area contributed by atoms with Gasteiger partial charge in [0.15, 0.2) is 5.16 Å². The van der Waals surface area contributed by atoms with E-state index in [9.17, 15) is 19.7 Å². The van der Waals surface area contributed by atoms with Gasteiger partial charge in [0.05, 0.1) is 27.0 Å². The minimum absolute atomic E-state index is 0.0604. The largest absolute Gasteiger partial charge is 0.351 e. The second kappa shape index (κ2) is 9.36. The van der Waals surface area contributed by atoms with Crippen molar-refractivity contribution in [3.8, 4) is 5.69 Å². The van der Waals surface area contributed by atoms with Crippen LogP contribution in [-0.4, -0.2) is 31.9 Å². The number of benzene rings is 2. The summed E-state index contributed by atoms with van der Waals surface area (Å²) in [6, 6.07) is 15.3. The number of thioether (sulfide) groups is 2. The number of nitrogens with zero attached hydrogens (tertiary/aromatic N) is 3. The molecule has 0 atom stereocenters. The SMILES string of the molecule is O=C(CSc1nc2c(c(=O)n1-c1ccc([N+](=O)[O-])cc1)SCC2)NCc1ccccc1. The highest BCUT2D eigenvalue weighted by Crippen LogP contribution is 2.30. The second-order valence-electron chi connectivity index (χ2n) is 6.73. The molecule has 158 valence electrons. The molecule has 31 heavy (non-hydrogen) atoms. The third-order valence-corrected chi connectivity index (χ3v) is 6.70. The molecule has 0 aliphatic carbocycles. The summed E-state index contributed by atoms with van der Waals surface area (Å²) in [4.78, 5) is 41.1. The van der Waals surface area contributed by atoms with Crippen LogP contribution in [0.15, 0.2) is 69.4 Å². The number of aromatic nitrogens is 2. The molecule has 0 radical (unpaired) electrons. The van der Waals surface area contributed by atoms with Crippen molar-refractivity contribution in [3.05, 3.63) is 86.3 Å². The Bertz CT molecular complexity index is 1180. The Kier molecular flexibility index (Phi) is 6.38. The van der Waals surface area contributed by atoms with Crippen LogP contribution < -0.4 is 10.9 Å². The number of hydrogen-bond donors (Lipinski definition) is 1. The summed E-state index contributed by atoms with van der Waals surface area (Å²) in [7, 11) is 0. The van der Waals surface area contributed by atoms with E-state index >= 15 is 0 Å². The molecule has 2 heterocycles. The molecule has 1 aromatic heterocycles. The predicted octanol–water partition coefficient (Wildman–Crippen LogP) is 3.20. The lowest BCUT2D eigenvalue weighted by Gasteiger charge is -2.13. The standard InChI is InChI=1S/C21H18N4O4S2/c26-18(22-12-14-4-2-1-3-5-14)13-31-21-23-17-10-11-30-19(17)20(27)24(21)15-6-8-16(9-7-15)25(28)29/h1-9H,10-13H2,(H,22,26). The minimum atomic E-state index is -0.490. The fraction of sp³-hybridized carbons (Fsp3) is 0.190. The number of nitro benzene ring substituents is 1. The lowest BCUT2D eigenvalue weighted by molar-refractivity contribution is -0.384. The Morgan fingerprint density at radius 2 is 1.94 bits per heavy atom. The molecule has 0 saturated heterocycles. The van der Waals surface area contributed by atoms with Crippen LogP contribution in [0.25, 0.3) is 5.69 Å². The van der Waals surface area contributed by atoms with Crippen LogP contribution in [0.2, 0.25) is 0 Å². The van der Waals surface area contributed by atoms with E-state index in [1.54, 1.807) is 0 Å². The summed E-state index contributed by atoms with van der Waals surface area (Å²) >= 11 is 2.63. The number of amides is 1. The number of nitro groups is 1. The Morgan fingerprint density at radius 3 is 2.65 bits per heavy atom. The van der Waals surface area contributed by atoms with Gasteiger partial charge in [-0.25, -0.2) is 4.98 Å². The molecule has 1 amide bonds. The van der Waals surface area contributed by atoms with Crippen molar-refractivity contribution in [2.24, 2.45) is 0 Å². The molecule has 2 aromatic carbocycles.